The van der Waals surface area contributed by atoms with Gasteiger partial charge in [-0.05, 0) is 30.7 Å². The van der Waals surface area contributed by atoms with Crippen molar-refractivity contribution in [2.24, 2.45) is 0 Å². The molecule has 0 saturated heterocycles. The van der Waals surface area contributed by atoms with Crippen LogP contribution in [0.3, 0.4) is 0 Å². The van der Waals surface area contributed by atoms with Crippen molar-refractivity contribution < 1.29 is 21.8 Å². The normalized spacial score (nSPS) is 13.8. The molecule has 0 bridgehead atoms. The van der Waals surface area contributed by atoms with Gasteiger partial charge in [-0.25, -0.2) is 4.39 Å². The van der Waals surface area contributed by atoms with Crippen LogP contribution in [0.25, 0.3) is 0 Å². The molecule has 0 radical (unpaired) electrons. The molecule has 1 unspecified atom stereocenters. The minimum atomic E-state index is -4.22. The van der Waals surface area contributed by atoms with Crippen LogP contribution < -0.4 is 0 Å². The summed E-state index contributed by atoms with van der Waals surface area (Å²) in [5, 5.41) is 0. The molecule has 0 aliphatic heterocycles. The third kappa shape index (κ3) is 4.74. The number of alkyl halides is 3. The SMILES string of the molecule is O=S(CCCC(F)(F)F)c1ccc(F)cc1. The summed E-state index contributed by atoms with van der Waals surface area (Å²) in [6, 6.07) is 4.91. The first kappa shape index (κ1) is 13.2. The number of benzene rings is 1. The number of hydrogen-bond acceptors (Lipinski definition) is 1. The Morgan fingerprint density at radius 3 is 2.19 bits per heavy atom. The first-order valence-corrected chi connectivity index (χ1v) is 5.91. The van der Waals surface area contributed by atoms with Crippen LogP contribution in [0, 0.1) is 5.82 Å². The lowest BCUT2D eigenvalue weighted by atomic mass is 10.3. The van der Waals surface area contributed by atoms with Crippen molar-refractivity contribution in [3.63, 3.8) is 0 Å². The Labute approximate surface area is 92.9 Å². The zero-order chi connectivity index (χ0) is 12.2. The molecule has 0 fully saturated rings. The van der Waals surface area contributed by atoms with Crippen LogP contribution in [0.2, 0.25) is 0 Å². The fraction of sp³-hybridized carbons (Fsp3) is 0.400. The maximum Gasteiger partial charge on any atom is 0.389 e. The van der Waals surface area contributed by atoms with Crippen molar-refractivity contribution >= 4 is 10.8 Å². The van der Waals surface area contributed by atoms with E-state index in [4.69, 9.17) is 0 Å². The van der Waals surface area contributed by atoms with Gasteiger partial charge in [0.2, 0.25) is 0 Å². The van der Waals surface area contributed by atoms with Gasteiger partial charge < -0.3 is 0 Å². The van der Waals surface area contributed by atoms with Gasteiger partial charge >= 0.3 is 6.18 Å². The molecule has 6 heteroatoms. The van der Waals surface area contributed by atoms with E-state index in [-0.39, 0.29) is 12.2 Å². The van der Waals surface area contributed by atoms with Gasteiger partial charge in [-0.2, -0.15) is 13.2 Å². The van der Waals surface area contributed by atoms with Crippen molar-refractivity contribution in [2.45, 2.75) is 23.9 Å². The number of rotatable bonds is 4. The molecule has 1 aromatic rings. The molecule has 1 nitrogen and oxygen atoms in total. The first-order valence-electron chi connectivity index (χ1n) is 4.59. The zero-order valence-electron chi connectivity index (χ0n) is 8.26. The van der Waals surface area contributed by atoms with Crippen molar-refractivity contribution in [1.82, 2.24) is 0 Å². The summed E-state index contributed by atoms with van der Waals surface area (Å²) in [5.41, 5.74) is 0. The Morgan fingerprint density at radius 1 is 1.12 bits per heavy atom. The topological polar surface area (TPSA) is 17.1 Å². The quantitative estimate of drug-likeness (QED) is 0.754. The maximum absolute atomic E-state index is 12.5. The minimum Gasteiger partial charge on any atom is -0.254 e. The zero-order valence-corrected chi connectivity index (χ0v) is 9.08. The first-order chi connectivity index (χ1) is 7.38. The average molecular weight is 254 g/mol. The van der Waals surface area contributed by atoms with E-state index < -0.39 is 29.2 Å². The number of hydrogen-bond donors (Lipinski definition) is 0. The monoisotopic (exact) mass is 254 g/mol. The fourth-order valence-electron chi connectivity index (χ4n) is 1.11. The van der Waals surface area contributed by atoms with Gasteiger partial charge in [-0.15, -0.1) is 0 Å². The Bertz CT molecular complexity index is 358. The van der Waals surface area contributed by atoms with Crippen LogP contribution in [0.4, 0.5) is 17.6 Å². The van der Waals surface area contributed by atoms with E-state index in [1.807, 2.05) is 0 Å². The van der Waals surface area contributed by atoms with E-state index >= 15 is 0 Å². The minimum absolute atomic E-state index is 0.0643. The smallest absolute Gasteiger partial charge is 0.254 e. The molecule has 90 valence electrons. The predicted octanol–water partition coefficient (Wildman–Crippen LogP) is 3.28. The standard InChI is InChI=1S/C10H10F4OS/c11-8-2-4-9(5-3-8)16(15)7-1-6-10(12,13)14/h2-5H,1,6-7H2. The Hall–Kier alpha value is -0.910. The molecule has 0 spiro atoms. The van der Waals surface area contributed by atoms with E-state index in [9.17, 15) is 21.8 Å². The molecular formula is C10H10F4OS. The van der Waals surface area contributed by atoms with Crippen LogP contribution in [-0.2, 0) is 10.8 Å². The highest BCUT2D eigenvalue weighted by Crippen LogP contribution is 2.22. The summed E-state index contributed by atoms with van der Waals surface area (Å²) in [7, 11) is -1.49. The highest BCUT2D eigenvalue weighted by atomic mass is 32.2. The molecule has 16 heavy (non-hydrogen) atoms. The molecule has 0 aliphatic carbocycles. The second-order valence-corrected chi connectivity index (χ2v) is 4.79. The number of halogens is 4. The van der Waals surface area contributed by atoms with Crippen LogP contribution in [0.1, 0.15) is 12.8 Å². The second kappa shape index (κ2) is 5.43. The lowest BCUT2D eigenvalue weighted by Gasteiger charge is -2.05. The Kier molecular flexibility index (Phi) is 4.46. The molecular weight excluding hydrogens is 244 g/mol. The molecule has 0 N–H and O–H groups in total. The lowest BCUT2D eigenvalue weighted by molar-refractivity contribution is -0.134. The van der Waals surface area contributed by atoms with Gasteiger partial charge in [0.05, 0.1) is 10.8 Å². The molecule has 0 aliphatic rings. The van der Waals surface area contributed by atoms with Gasteiger partial charge in [-0.3, -0.25) is 4.21 Å². The summed E-state index contributed by atoms with van der Waals surface area (Å²) in [4.78, 5) is 0.351. The summed E-state index contributed by atoms with van der Waals surface area (Å²) < 4.78 is 59.4. The van der Waals surface area contributed by atoms with Gasteiger partial charge in [-0.1, -0.05) is 0 Å². The van der Waals surface area contributed by atoms with Crippen molar-refractivity contribution in [3.05, 3.63) is 30.1 Å². The van der Waals surface area contributed by atoms with E-state index in [0.717, 1.165) is 12.1 Å². The maximum atomic E-state index is 12.5. The Morgan fingerprint density at radius 2 is 1.69 bits per heavy atom. The van der Waals surface area contributed by atoms with E-state index in [2.05, 4.69) is 0 Å². The van der Waals surface area contributed by atoms with E-state index in [0.29, 0.717) is 4.90 Å². The van der Waals surface area contributed by atoms with Crippen LogP contribution in [0.15, 0.2) is 29.2 Å². The lowest BCUT2D eigenvalue weighted by Crippen LogP contribution is -2.09. The summed E-state index contributed by atoms with van der Waals surface area (Å²) in [5.74, 6) is -0.526. The van der Waals surface area contributed by atoms with Gasteiger partial charge in [0, 0.05) is 17.1 Å². The highest BCUT2D eigenvalue weighted by Gasteiger charge is 2.26. The third-order valence-corrected chi connectivity index (χ3v) is 3.32. The third-order valence-electron chi connectivity index (χ3n) is 1.87. The van der Waals surface area contributed by atoms with E-state index in [1.54, 1.807) is 0 Å². The van der Waals surface area contributed by atoms with Gasteiger partial charge in [0.15, 0.2) is 0 Å². The van der Waals surface area contributed by atoms with Crippen LogP contribution in [0.5, 0.6) is 0 Å². The molecule has 1 aromatic carbocycles. The fourth-order valence-corrected chi connectivity index (χ4v) is 2.19. The predicted molar refractivity (Wildman–Crippen MR) is 53.0 cm³/mol. The largest absolute Gasteiger partial charge is 0.389 e. The highest BCUT2D eigenvalue weighted by molar-refractivity contribution is 7.85. The molecule has 0 aromatic heterocycles. The Balaban J connectivity index is 2.44. The van der Waals surface area contributed by atoms with Crippen molar-refractivity contribution in [2.75, 3.05) is 5.75 Å². The molecule has 0 heterocycles. The molecule has 0 saturated carbocycles. The molecule has 1 rings (SSSR count). The van der Waals surface area contributed by atoms with Crippen molar-refractivity contribution in [3.8, 4) is 0 Å². The average Bonchev–Trinajstić information content (AvgIpc) is 2.16. The summed E-state index contributed by atoms with van der Waals surface area (Å²) >= 11 is 0. The van der Waals surface area contributed by atoms with Gasteiger partial charge in [0.1, 0.15) is 5.82 Å². The van der Waals surface area contributed by atoms with Crippen LogP contribution in [-0.4, -0.2) is 16.1 Å². The molecule has 0 amide bonds. The van der Waals surface area contributed by atoms with Crippen molar-refractivity contribution in [1.29, 1.82) is 0 Å². The molecule has 1 atom stereocenters. The van der Waals surface area contributed by atoms with Crippen LogP contribution >= 0.6 is 0 Å². The summed E-state index contributed by atoms with van der Waals surface area (Å²) in [6.07, 6.45) is -5.35. The van der Waals surface area contributed by atoms with Gasteiger partial charge in [0.25, 0.3) is 0 Å². The second-order valence-electron chi connectivity index (χ2n) is 3.22. The summed E-state index contributed by atoms with van der Waals surface area (Å²) in [6.45, 7) is 0. The van der Waals surface area contributed by atoms with E-state index in [1.165, 1.54) is 12.1 Å².